The van der Waals surface area contributed by atoms with Gasteiger partial charge < -0.3 is 10.2 Å². The molecule has 162 valence electrons. The van der Waals surface area contributed by atoms with E-state index in [1.165, 1.54) is 11.8 Å². The molecule has 8 heteroatoms. The van der Waals surface area contributed by atoms with E-state index in [0.29, 0.717) is 27.1 Å². The molecule has 0 aliphatic carbocycles. The van der Waals surface area contributed by atoms with E-state index in [1.807, 2.05) is 32.9 Å². The average molecular weight is 488 g/mol. The highest BCUT2D eigenvalue weighted by atomic mass is 35.5. The minimum atomic E-state index is -0.627. The largest absolute Gasteiger partial charge is 0.352 e. The molecule has 2 aromatic carbocycles. The zero-order valence-corrected chi connectivity index (χ0v) is 20.2. The number of hydrogen-bond donors (Lipinski definition) is 1. The van der Waals surface area contributed by atoms with Gasteiger partial charge >= 0.3 is 0 Å². The van der Waals surface area contributed by atoms with Gasteiger partial charge in [0.15, 0.2) is 0 Å². The maximum atomic E-state index is 13.2. The molecule has 0 bridgehead atoms. The van der Waals surface area contributed by atoms with Gasteiger partial charge in [-0.3, -0.25) is 9.59 Å². The topological polar surface area (TPSA) is 49.4 Å². The van der Waals surface area contributed by atoms with E-state index in [2.05, 4.69) is 5.32 Å². The van der Waals surface area contributed by atoms with Crippen molar-refractivity contribution in [2.45, 2.75) is 50.7 Å². The highest BCUT2D eigenvalue weighted by molar-refractivity contribution is 8.00. The van der Waals surface area contributed by atoms with Crippen LogP contribution in [0.3, 0.4) is 0 Å². The highest BCUT2D eigenvalue weighted by Crippen LogP contribution is 2.28. The minimum absolute atomic E-state index is 0.0316. The van der Waals surface area contributed by atoms with Gasteiger partial charge in [0, 0.05) is 38.1 Å². The lowest BCUT2D eigenvalue weighted by molar-refractivity contribution is -0.139. The number of amides is 2. The average Bonchev–Trinajstić information content (AvgIpc) is 2.68. The third-order valence-electron chi connectivity index (χ3n) is 4.38. The summed E-state index contributed by atoms with van der Waals surface area (Å²) >= 11 is 20.0. The van der Waals surface area contributed by atoms with E-state index >= 15 is 0 Å². The van der Waals surface area contributed by atoms with Crippen LogP contribution in [-0.4, -0.2) is 34.6 Å². The summed E-state index contributed by atoms with van der Waals surface area (Å²) in [6.07, 6.45) is 0.470. The first-order valence-corrected chi connectivity index (χ1v) is 11.8. The molecule has 0 radical (unpaired) electrons. The molecule has 0 heterocycles. The second kappa shape index (κ2) is 11.8. The highest BCUT2D eigenvalue weighted by Gasteiger charge is 2.30. The predicted octanol–water partition coefficient (Wildman–Crippen LogP) is 6.07. The van der Waals surface area contributed by atoms with Gasteiger partial charge in [0.2, 0.25) is 11.8 Å². The molecule has 4 nitrogen and oxygen atoms in total. The molecule has 1 atom stereocenters. The van der Waals surface area contributed by atoms with Crippen LogP contribution in [0.2, 0.25) is 15.1 Å². The van der Waals surface area contributed by atoms with Gasteiger partial charge in [0.1, 0.15) is 6.04 Å². The summed E-state index contributed by atoms with van der Waals surface area (Å²) in [7, 11) is 0. The number of nitrogens with zero attached hydrogens (tertiary/aromatic N) is 1. The number of rotatable bonds is 9. The number of hydrogen-bond acceptors (Lipinski definition) is 3. The molecular weight excluding hydrogens is 463 g/mol. The van der Waals surface area contributed by atoms with Gasteiger partial charge in [-0.15, -0.1) is 11.8 Å². The van der Waals surface area contributed by atoms with E-state index in [-0.39, 0.29) is 30.2 Å². The van der Waals surface area contributed by atoms with E-state index in [4.69, 9.17) is 34.8 Å². The van der Waals surface area contributed by atoms with Crippen molar-refractivity contribution < 1.29 is 9.59 Å². The predicted molar refractivity (Wildman–Crippen MR) is 127 cm³/mol. The number of benzene rings is 2. The van der Waals surface area contributed by atoms with Crippen molar-refractivity contribution in [3.8, 4) is 0 Å². The quantitative estimate of drug-likeness (QED) is 0.437. The molecule has 0 saturated heterocycles. The van der Waals surface area contributed by atoms with E-state index in [0.717, 1.165) is 4.90 Å². The number of nitrogens with one attached hydrogen (secondary N) is 1. The third kappa shape index (κ3) is 7.09. The summed E-state index contributed by atoms with van der Waals surface area (Å²) < 4.78 is 0. The summed E-state index contributed by atoms with van der Waals surface area (Å²) in [6, 6.07) is 11.8. The van der Waals surface area contributed by atoms with Crippen LogP contribution in [0, 0.1) is 0 Å². The van der Waals surface area contributed by atoms with Crippen LogP contribution in [-0.2, 0) is 16.1 Å². The maximum absolute atomic E-state index is 13.2. The van der Waals surface area contributed by atoms with Crippen molar-refractivity contribution in [3.63, 3.8) is 0 Å². The van der Waals surface area contributed by atoms with Gasteiger partial charge in [-0.05, 0) is 56.7 Å². The maximum Gasteiger partial charge on any atom is 0.243 e. The van der Waals surface area contributed by atoms with Gasteiger partial charge in [-0.1, -0.05) is 47.8 Å². The van der Waals surface area contributed by atoms with Crippen LogP contribution in [0.1, 0.15) is 32.8 Å². The Kier molecular flexibility index (Phi) is 9.82. The first kappa shape index (κ1) is 24.9. The molecule has 0 spiro atoms. The molecule has 2 rings (SSSR count). The number of carbonyl (C=O) groups excluding carboxylic acids is 2. The van der Waals surface area contributed by atoms with E-state index in [9.17, 15) is 9.59 Å². The lowest BCUT2D eigenvalue weighted by Crippen LogP contribution is -2.51. The zero-order chi connectivity index (χ0) is 22.3. The van der Waals surface area contributed by atoms with Crippen LogP contribution in [0.15, 0.2) is 47.4 Å². The molecule has 30 heavy (non-hydrogen) atoms. The Hall–Kier alpha value is -1.40. The summed E-state index contributed by atoms with van der Waals surface area (Å²) in [5.41, 5.74) is 0.626. The van der Waals surface area contributed by atoms with E-state index in [1.54, 1.807) is 35.2 Å². The van der Waals surface area contributed by atoms with Gasteiger partial charge in [-0.2, -0.15) is 0 Å². The minimum Gasteiger partial charge on any atom is -0.352 e. The van der Waals surface area contributed by atoms with Gasteiger partial charge in [-0.25, -0.2) is 0 Å². The monoisotopic (exact) mass is 486 g/mol. The smallest absolute Gasteiger partial charge is 0.243 e. The van der Waals surface area contributed by atoms with Crippen LogP contribution >= 0.6 is 46.6 Å². The van der Waals surface area contributed by atoms with Crippen molar-refractivity contribution in [2.24, 2.45) is 0 Å². The van der Waals surface area contributed by atoms with Crippen LogP contribution < -0.4 is 5.32 Å². The number of carbonyl (C=O) groups is 2. The van der Waals surface area contributed by atoms with Crippen LogP contribution in [0.25, 0.3) is 0 Å². The summed E-state index contributed by atoms with van der Waals surface area (Å²) in [4.78, 5) is 28.5. The fraction of sp³-hybridized carbons (Fsp3) is 0.364. The Balaban J connectivity index is 2.27. The van der Waals surface area contributed by atoms with Crippen LogP contribution in [0.5, 0.6) is 0 Å². The molecule has 0 aliphatic rings. The van der Waals surface area contributed by atoms with Crippen molar-refractivity contribution in [2.75, 3.05) is 5.75 Å². The lowest BCUT2D eigenvalue weighted by atomic mass is 10.1. The zero-order valence-electron chi connectivity index (χ0n) is 17.1. The van der Waals surface area contributed by atoms with Gasteiger partial charge in [0.05, 0.1) is 5.75 Å². The van der Waals surface area contributed by atoms with Gasteiger partial charge in [0.25, 0.3) is 0 Å². The standard InChI is InChI=1S/C22H25Cl3N2O2S/c1-4-20(22(29)26-14(2)3)27(12-17-18(24)6-5-7-19(17)25)21(28)13-30-16-10-8-15(23)9-11-16/h5-11,14,20H,4,12-13H2,1-3H3,(H,26,29). The molecule has 0 aliphatic heterocycles. The van der Waals surface area contributed by atoms with Crippen molar-refractivity contribution >= 4 is 58.4 Å². The third-order valence-corrected chi connectivity index (χ3v) is 6.34. The first-order chi connectivity index (χ1) is 14.2. The van der Waals surface area contributed by atoms with E-state index < -0.39 is 6.04 Å². The van der Waals surface area contributed by atoms with Crippen molar-refractivity contribution in [1.82, 2.24) is 10.2 Å². The second-order valence-electron chi connectivity index (χ2n) is 7.05. The number of halogens is 3. The molecule has 0 saturated carbocycles. The fourth-order valence-electron chi connectivity index (χ4n) is 2.91. The van der Waals surface area contributed by atoms with Crippen molar-refractivity contribution in [3.05, 3.63) is 63.1 Å². The Labute approximate surface area is 197 Å². The molecule has 0 aromatic heterocycles. The molecule has 0 fully saturated rings. The Bertz CT molecular complexity index is 855. The Morgan fingerprint density at radius 1 is 1.03 bits per heavy atom. The Morgan fingerprint density at radius 3 is 2.17 bits per heavy atom. The molecule has 1 N–H and O–H groups in total. The normalized spacial score (nSPS) is 12.0. The molecular formula is C22H25Cl3N2O2S. The molecule has 2 aromatic rings. The Morgan fingerprint density at radius 2 is 1.63 bits per heavy atom. The summed E-state index contributed by atoms with van der Waals surface area (Å²) in [6.45, 7) is 5.81. The van der Waals surface area contributed by atoms with Crippen LogP contribution in [0.4, 0.5) is 0 Å². The lowest BCUT2D eigenvalue weighted by Gasteiger charge is -2.31. The molecule has 1 unspecified atom stereocenters. The molecule has 2 amide bonds. The number of thioether (sulfide) groups is 1. The SMILES string of the molecule is CCC(C(=O)NC(C)C)N(Cc1c(Cl)cccc1Cl)C(=O)CSc1ccc(Cl)cc1. The summed E-state index contributed by atoms with van der Waals surface area (Å²) in [5.74, 6) is -0.188. The fourth-order valence-corrected chi connectivity index (χ4v) is 4.34. The summed E-state index contributed by atoms with van der Waals surface area (Å²) in [5, 5.41) is 4.47. The first-order valence-electron chi connectivity index (χ1n) is 9.64. The second-order valence-corrected chi connectivity index (χ2v) is 9.35. The van der Waals surface area contributed by atoms with Crippen molar-refractivity contribution in [1.29, 1.82) is 0 Å².